The van der Waals surface area contributed by atoms with Crippen molar-refractivity contribution in [3.8, 4) is 0 Å². The first-order valence-corrected chi connectivity index (χ1v) is 8.65. The summed E-state index contributed by atoms with van der Waals surface area (Å²) in [7, 11) is 0. The second-order valence-corrected chi connectivity index (χ2v) is 6.41. The van der Waals surface area contributed by atoms with E-state index in [0.29, 0.717) is 30.5 Å². The molecule has 0 aliphatic heterocycles. The summed E-state index contributed by atoms with van der Waals surface area (Å²) in [6.07, 6.45) is 1.02. The summed E-state index contributed by atoms with van der Waals surface area (Å²) >= 11 is 0. The van der Waals surface area contributed by atoms with Gasteiger partial charge in [0.25, 0.3) is 5.56 Å². The van der Waals surface area contributed by atoms with Gasteiger partial charge in [0.15, 0.2) is 0 Å². The average molecular weight is 352 g/mol. The summed E-state index contributed by atoms with van der Waals surface area (Å²) in [5.74, 6) is -0.445. The van der Waals surface area contributed by atoms with Crippen molar-refractivity contribution in [2.24, 2.45) is 0 Å². The molecule has 1 heterocycles. The molecule has 0 atom stereocenters. The molecule has 1 amide bonds. The van der Waals surface area contributed by atoms with Gasteiger partial charge in [-0.05, 0) is 54.5 Å². The van der Waals surface area contributed by atoms with E-state index >= 15 is 0 Å². The van der Waals surface area contributed by atoms with Gasteiger partial charge >= 0.3 is 0 Å². The van der Waals surface area contributed by atoms with Crippen LogP contribution in [-0.4, -0.2) is 17.4 Å². The fourth-order valence-electron chi connectivity index (χ4n) is 2.92. The number of carbonyl (C=O) groups is 1. The Labute approximate surface area is 151 Å². The molecule has 0 fully saturated rings. The van der Waals surface area contributed by atoms with E-state index in [0.717, 1.165) is 16.5 Å². The zero-order valence-corrected chi connectivity index (χ0v) is 14.6. The number of rotatable bonds is 6. The summed E-state index contributed by atoms with van der Waals surface area (Å²) in [4.78, 5) is 27.0. The molecule has 5 heteroatoms. The minimum Gasteiger partial charge on any atom is -0.356 e. The van der Waals surface area contributed by atoms with E-state index in [-0.39, 0.29) is 23.7 Å². The SMILES string of the molecule is Cc1ccc2cc(CCNC(=O)CCc3ccccc3F)c(=O)[nH]c2c1. The summed E-state index contributed by atoms with van der Waals surface area (Å²) in [5.41, 5.74) is 2.93. The van der Waals surface area contributed by atoms with Gasteiger partial charge in [-0.3, -0.25) is 9.59 Å². The Morgan fingerprint density at radius 2 is 1.88 bits per heavy atom. The number of aryl methyl sites for hydroxylation is 2. The second-order valence-electron chi connectivity index (χ2n) is 6.41. The molecule has 3 rings (SSSR count). The van der Waals surface area contributed by atoms with Crippen LogP contribution in [0.2, 0.25) is 0 Å². The fraction of sp³-hybridized carbons (Fsp3) is 0.238. The van der Waals surface area contributed by atoms with E-state index in [2.05, 4.69) is 10.3 Å². The largest absolute Gasteiger partial charge is 0.356 e. The van der Waals surface area contributed by atoms with Gasteiger partial charge in [0.2, 0.25) is 5.91 Å². The van der Waals surface area contributed by atoms with E-state index in [1.807, 2.05) is 31.2 Å². The van der Waals surface area contributed by atoms with Gasteiger partial charge in [-0.15, -0.1) is 0 Å². The Kier molecular flexibility index (Phi) is 5.46. The predicted molar refractivity (Wildman–Crippen MR) is 101 cm³/mol. The topological polar surface area (TPSA) is 62.0 Å². The van der Waals surface area contributed by atoms with Gasteiger partial charge < -0.3 is 10.3 Å². The number of nitrogens with one attached hydrogen (secondary N) is 2. The lowest BCUT2D eigenvalue weighted by Gasteiger charge is -2.07. The minimum absolute atomic E-state index is 0.135. The van der Waals surface area contributed by atoms with Crippen LogP contribution in [0.25, 0.3) is 10.9 Å². The van der Waals surface area contributed by atoms with Gasteiger partial charge in [-0.2, -0.15) is 0 Å². The van der Waals surface area contributed by atoms with Crippen LogP contribution < -0.4 is 10.9 Å². The maximum atomic E-state index is 13.5. The predicted octanol–water partition coefficient (Wildman–Crippen LogP) is 3.27. The molecule has 0 bridgehead atoms. The van der Waals surface area contributed by atoms with Crippen molar-refractivity contribution >= 4 is 16.8 Å². The Morgan fingerprint density at radius 1 is 1.08 bits per heavy atom. The van der Waals surface area contributed by atoms with Crippen molar-refractivity contribution in [2.75, 3.05) is 6.54 Å². The third kappa shape index (κ3) is 4.36. The van der Waals surface area contributed by atoms with Gasteiger partial charge in [0.1, 0.15) is 5.82 Å². The maximum absolute atomic E-state index is 13.5. The van der Waals surface area contributed by atoms with E-state index in [9.17, 15) is 14.0 Å². The number of carbonyl (C=O) groups excluding carboxylic acids is 1. The molecule has 26 heavy (non-hydrogen) atoms. The van der Waals surface area contributed by atoms with Crippen LogP contribution in [0.4, 0.5) is 4.39 Å². The molecule has 0 saturated heterocycles. The second kappa shape index (κ2) is 7.95. The number of fused-ring (bicyclic) bond motifs is 1. The standard InChI is InChI=1S/C21H21FN2O2/c1-14-6-7-16-13-17(21(26)24-19(16)12-14)10-11-23-20(25)9-8-15-4-2-3-5-18(15)22/h2-7,12-13H,8-11H2,1H3,(H,23,25)(H,24,26). The van der Waals surface area contributed by atoms with Crippen LogP contribution in [0, 0.1) is 12.7 Å². The van der Waals surface area contributed by atoms with Crippen LogP contribution in [0.5, 0.6) is 0 Å². The number of hydrogen-bond donors (Lipinski definition) is 2. The molecule has 0 saturated carbocycles. The Bertz CT molecular complexity index is 995. The van der Waals surface area contributed by atoms with Crippen molar-refractivity contribution in [3.05, 3.63) is 81.4 Å². The highest BCUT2D eigenvalue weighted by Crippen LogP contribution is 2.13. The normalized spacial score (nSPS) is 10.8. The van der Waals surface area contributed by atoms with Crippen molar-refractivity contribution in [3.63, 3.8) is 0 Å². The fourth-order valence-corrected chi connectivity index (χ4v) is 2.92. The van der Waals surface area contributed by atoms with Gasteiger partial charge in [-0.25, -0.2) is 4.39 Å². The molecule has 0 aliphatic rings. The van der Waals surface area contributed by atoms with Crippen molar-refractivity contribution < 1.29 is 9.18 Å². The smallest absolute Gasteiger partial charge is 0.251 e. The van der Waals surface area contributed by atoms with Crippen LogP contribution in [0.3, 0.4) is 0 Å². The van der Waals surface area contributed by atoms with Gasteiger partial charge in [0, 0.05) is 24.0 Å². The molecule has 4 nitrogen and oxygen atoms in total. The monoisotopic (exact) mass is 352 g/mol. The van der Waals surface area contributed by atoms with Crippen molar-refractivity contribution in [2.45, 2.75) is 26.2 Å². The first-order chi connectivity index (χ1) is 12.5. The highest BCUT2D eigenvalue weighted by Gasteiger charge is 2.07. The van der Waals surface area contributed by atoms with E-state index < -0.39 is 0 Å². The first-order valence-electron chi connectivity index (χ1n) is 8.65. The highest BCUT2D eigenvalue weighted by molar-refractivity contribution is 5.79. The molecule has 2 N–H and O–H groups in total. The molecule has 0 spiro atoms. The molecule has 0 aliphatic carbocycles. The molecule has 3 aromatic rings. The van der Waals surface area contributed by atoms with Crippen LogP contribution >= 0.6 is 0 Å². The highest BCUT2D eigenvalue weighted by atomic mass is 19.1. The van der Waals surface area contributed by atoms with Gasteiger partial charge in [-0.1, -0.05) is 30.3 Å². The lowest BCUT2D eigenvalue weighted by atomic mass is 10.1. The molecule has 2 aromatic carbocycles. The third-order valence-corrected chi connectivity index (χ3v) is 4.37. The van der Waals surface area contributed by atoms with E-state index in [1.165, 1.54) is 6.07 Å². The van der Waals surface area contributed by atoms with Crippen LogP contribution in [0.15, 0.2) is 53.3 Å². The summed E-state index contributed by atoms with van der Waals surface area (Å²) in [6, 6.07) is 14.2. The quantitative estimate of drug-likeness (QED) is 0.715. The van der Waals surface area contributed by atoms with Crippen LogP contribution in [0.1, 0.15) is 23.1 Å². The number of hydrogen-bond acceptors (Lipinski definition) is 2. The molecule has 0 radical (unpaired) electrons. The third-order valence-electron chi connectivity index (χ3n) is 4.37. The van der Waals surface area contributed by atoms with E-state index in [4.69, 9.17) is 0 Å². The maximum Gasteiger partial charge on any atom is 0.251 e. The minimum atomic E-state index is -0.293. The molecule has 134 valence electrons. The van der Waals surface area contributed by atoms with Gasteiger partial charge in [0.05, 0.1) is 0 Å². The lowest BCUT2D eigenvalue weighted by molar-refractivity contribution is -0.121. The number of aromatic nitrogens is 1. The van der Waals surface area contributed by atoms with E-state index in [1.54, 1.807) is 18.2 Å². The van der Waals surface area contributed by atoms with Crippen molar-refractivity contribution in [1.82, 2.24) is 10.3 Å². The zero-order valence-electron chi connectivity index (χ0n) is 14.6. The Balaban J connectivity index is 1.54. The Hall–Kier alpha value is -2.95. The molecular weight excluding hydrogens is 331 g/mol. The summed E-state index contributed by atoms with van der Waals surface area (Å²) in [6.45, 7) is 2.35. The zero-order chi connectivity index (χ0) is 18.5. The number of benzene rings is 2. The van der Waals surface area contributed by atoms with Crippen molar-refractivity contribution in [1.29, 1.82) is 0 Å². The first kappa shape index (κ1) is 17.9. The van der Waals surface area contributed by atoms with Crippen LogP contribution in [-0.2, 0) is 17.6 Å². The number of pyridine rings is 1. The average Bonchev–Trinajstić information content (AvgIpc) is 2.61. The molecular formula is C21H21FN2O2. The Morgan fingerprint density at radius 3 is 2.69 bits per heavy atom. The summed E-state index contributed by atoms with van der Waals surface area (Å²) < 4.78 is 13.5. The molecule has 0 unspecified atom stereocenters. The number of amides is 1. The summed E-state index contributed by atoms with van der Waals surface area (Å²) in [5, 5.41) is 3.76. The molecule has 1 aromatic heterocycles. The number of halogens is 1. The number of H-pyrrole nitrogens is 1. The lowest BCUT2D eigenvalue weighted by Crippen LogP contribution is -2.27. The number of aromatic amines is 1.